The van der Waals surface area contributed by atoms with E-state index in [9.17, 15) is 15.0 Å². The minimum Gasteiger partial charge on any atom is -0.504 e. The lowest BCUT2D eigenvalue weighted by molar-refractivity contribution is 0.0952. The number of amides is 1. The molecule has 1 aromatic carbocycles. The molecule has 0 aliphatic carbocycles. The fraction of sp³-hybridized carbons (Fsp3) is 0.640. The fourth-order valence-electron chi connectivity index (χ4n) is 3.34. The van der Waals surface area contributed by atoms with Gasteiger partial charge in [0.1, 0.15) is 0 Å². The first-order chi connectivity index (χ1) is 14.1. The van der Waals surface area contributed by atoms with E-state index in [-0.39, 0.29) is 17.4 Å². The molecule has 0 bridgehead atoms. The highest BCUT2D eigenvalue weighted by Crippen LogP contribution is 2.24. The summed E-state index contributed by atoms with van der Waals surface area (Å²) in [6.45, 7) is 2.90. The first-order valence-corrected chi connectivity index (χ1v) is 11.6. The number of carbonyl (C=O) groups excluding carboxylic acids is 1. The lowest BCUT2D eigenvalue weighted by Crippen LogP contribution is -2.24. The molecule has 4 heteroatoms. The zero-order chi connectivity index (χ0) is 21.2. The summed E-state index contributed by atoms with van der Waals surface area (Å²) in [6, 6.07) is 4.12. The van der Waals surface area contributed by atoms with E-state index in [1.165, 1.54) is 95.2 Å². The Balaban J connectivity index is 1.88. The van der Waals surface area contributed by atoms with Crippen molar-refractivity contribution >= 4 is 5.91 Å². The maximum absolute atomic E-state index is 12.0. The van der Waals surface area contributed by atoms with Gasteiger partial charge in [0.2, 0.25) is 0 Å². The van der Waals surface area contributed by atoms with Crippen molar-refractivity contribution in [1.29, 1.82) is 0 Å². The predicted molar refractivity (Wildman–Crippen MR) is 122 cm³/mol. The molecule has 0 spiro atoms. The van der Waals surface area contributed by atoms with Gasteiger partial charge < -0.3 is 15.5 Å². The Bertz CT molecular complexity index is 583. The van der Waals surface area contributed by atoms with Crippen LogP contribution in [0.3, 0.4) is 0 Å². The zero-order valence-electron chi connectivity index (χ0n) is 18.3. The largest absolute Gasteiger partial charge is 0.504 e. The van der Waals surface area contributed by atoms with Crippen LogP contribution in [-0.4, -0.2) is 22.7 Å². The Morgan fingerprint density at radius 3 is 1.93 bits per heavy atom. The van der Waals surface area contributed by atoms with Crippen LogP contribution in [0, 0.1) is 0 Å². The quantitative estimate of drug-likeness (QED) is 0.151. The molecule has 3 N–H and O–H groups in total. The standard InChI is InChI=1S/C25H41NO3/c1-2-3-4-5-6-7-8-9-10-11-12-13-14-15-16-17-20-26-25(29)22-18-19-23(27)24(28)21-22/h9-10,18-19,21,27-28H,2-8,11-17,20H2,1H3,(H,26,29)/b10-9-. The van der Waals surface area contributed by atoms with Gasteiger partial charge in [-0.3, -0.25) is 4.79 Å². The number of benzene rings is 1. The van der Waals surface area contributed by atoms with Crippen LogP contribution in [0.4, 0.5) is 0 Å². The van der Waals surface area contributed by atoms with Crippen LogP contribution in [0.15, 0.2) is 30.4 Å². The molecule has 0 aliphatic heterocycles. The van der Waals surface area contributed by atoms with E-state index in [0.29, 0.717) is 12.1 Å². The van der Waals surface area contributed by atoms with Gasteiger partial charge in [0, 0.05) is 12.1 Å². The van der Waals surface area contributed by atoms with Crippen LogP contribution >= 0.6 is 0 Å². The van der Waals surface area contributed by atoms with Crippen LogP contribution in [-0.2, 0) is 0 Å². The van der Waals surface area contributed by atoms with E-state index in [4.69, 9.17) is 0 Å². The monoisotopic (exact) mass is 403 g/mol. The number of nitrogens with one attached hydrogen (secondary N) is 1. The summed E-state index contributed by atoms with van der Waals surface area (Å²) >= 11 is 0. The second-order valence-corrected chi connectivity index (χ2v) is 7.90. The number of phenols is 2. The van der Waals surface area contributed by atoms with Crippen LogP contribution in [0.2, 0.25) is 0 Å². The Hall–Kier alpha value is -1.97. The molecule has 0 saturated heterocycles. The van der Waals surface area contributed by atoms with Gasteiger partial charge in [0.05, 0.1) is 0 Å². The van der Waals surface area contributed by atoms with Gasteiger partial charge in [-0.15, -0.1) is 0 Å². The van der Waals surface area contributed by atoms with Crippen molar-refractivity contribution in [3.05, 3.63) is 35.9 Å². The maximum atomic E-state index is 12.0. The minimum atomic E-state index is -0.269. The molecule has 164 valence electrons. The Morgan fingerprint density at radius 1 is 0.793 bits per heavy atom. The summed E-state index contributed by atoms with van der Waals surface area (Å²) in [4.78, 5) is 12.0. The van der Waals surface area contributed by atoms with Crippen molar-refractivity contribution in [2.24, 2.45) is 0 Å². The molecule has 1 amide bonds. The molecule has 29 heavy (non-hydrogen) atoms. The normalized spacial score (nSPS) is 11.2. The van der Waals surface area contributed by atoms with Gasteiger partial charge in [0.25, 0.3) is 5.91 Å². The number of unbranched alkanes of at least 4 members (excludes halogenated alkanes) is 12. The summed E-state index contributed by atoms with van der Waals surface area (Å²) in [5.41, 5.74) is 0.366. The number of hydrogen-bond donors (Lipinski definition) is 3. The fourth-order valence-corrected chi connectivity index (χ4v) is 3.34. The van der Waals surface area contributed by atoms with Gasteiger partial charge in [-0.2, -0.15) is 0 Å². The van der Waals surface area contributed by atoms with Crippen LogP contribution in [0.5, 0.6) is 11.5 Å². The number of phenolic OH excluding ortho intramolecular Hbond substituents is 2. The number of hydrogen-bond acceptors (Lipinski definition) is 3. The molecule has 0 saturated carbocycles. The first-order valence-electron chi connectivity index (χ1n) is 11.6. The molecule has 1 aromatic rings. The third kappa shape index (κ3) is 13.0. The summed E-state index contributed by atoms with van der Waals surface area (Å²) in [7, 11) is 0. The van der Waals surface area contributed by atoms with Crippen LogP contribution < -0.4 is 5.32 Å². The lowest BCUT2D eigenvalue weighted by Gasteiger charge is -2.06. The molecule has 0 fully saturated rings. The second kappa shape index (κ2) is 16.9. The number of aromatic hydroxyl groups is 2. The summed E-state index contributed by atoms with van der Waals surface area (Å²) in [5.74, 6) is -0.696. The summed E-state index contributed by atoms with van der Waals surface area (Å²) < 4.78 is 0. The van der Waals surface area contributed by atoms with Crippen molar-refractivity contribution in [3.8, 4) is 11.5 Å². The van der Waals surface area contributed by atoms with Gasteiger partial charge in [-0.1, -0.05) is 76.9 Å². The Labute approximate surface area is 177 Å². The molecule has 4 nitrogen and oxygen atoms in total. The summed E-state index contributed by atoms with van der Waals surface area (Å²) in [5, 5.41) is 21.6. The molecule has 0 heterocycles. The van der Waals surface area contributed by atoms with Gasteiger partial charge >= 0.3 is 0 Å². The SMILES string of the molecule is CCCCCCCC/C=C\CCCCCCCCNC(=O)c1ccc(O)c(O)c1. The second-order valence-electron chi connectivity index (χ2n) is 7.90. The third-order valence-corrected chi connectivity index (χ3v) is 5.21. The highest BCUT2D eigenvalue weighted by Gasteiger charge is 2.07. The molecule has 0 aromatic heterocycles. The molecule has 0 aliphatic rings. The van der Waals surface area contributed by atoms with Crippen molar-refractivity contribution < 1.29 is 15.0 Å². The van der Waals surface area contributed by atoms with Crippen LogP contribution in [0.25, 0.3) is 0 Å². The Kier molecular flexibility index (Phi) is 14.6. The van der Waals surface area contributed by atoms with Gasteiger partial charge in [0.15, 0.2) is 11.5 Å². The predicted octanol–water partition coefficient (Wildman–Crippen LogP) is 6.87. The van der Waals surface area contributed by atoms with Crippen LogP contribution in [0.1, 0.15) is 107 Å². The van der Waals surface area contributed by atoms with Gasteiger partial charge in [-0.25, -0.2) is 0 Å². The molecule has 1 rings (SSSR count). The Morgan fingerprint density at radius 2 is 1.34 bits per heavy atom. The minimum absolute atomic E-state index is 0.213. The van der Waals surface area contributed by atoms with E-state index in [0.717, 1.165) is 12.8 Å². The van der Waals surface area contributed by atoms with Crippen molar-refractivity contribution in [1.82, 2.24) is 5.32 Å². The molecule has 0 unspecified atom stereocenters. The van der Waals surface area contributed by atoms with E-state index in [1.54, 1.807) is 0 Å². The average molecular weight is 404 g/mol. The molecule has 0 atom stereocenters. The van der Waals surface area contributed by atoms with E-state index in [2.05, 4.69) is 24.4 Å². The average Bonchev–Trinajstić information content (AvgIpc) is 2.72. The smallest absolute Gasteiger partial charge is 0.251 e. The summed E-state index contributed by atoms with van der Waals surface area (Å²) in [6.07, 6.45) is 22.5. The zero-order valence-corrected chi connectivity index (χ0v) is 18.3. The molecular formula is C25H41NO3. The first kappa shape index (κ1) is 25.1. The van der Waals surface area contributed by atoms with Crippen molar-refractivity contribution in [2.45, 2.75) is 96.8 Å². The highest BCUT2D eigenvalue weighted by atomic mass is 16.3. The van der Waals surface area contributed by atoms with Crippen molar-refractivity contribution in [2.75, 3.05) is 6.54 Å². The number of rotatable bonds is 17. The van der Waals surface area contributed by atoms with E-state index >= 15 is 0 Å². The molecule has 0 radical (unpaired) electrons. The highest BCUT2D eigenvalue weighted by molar-refractivity contribution is 5.94. The number of carbonyl (C=O) groups is 1. The van der Waals surface area contributed by atoms with E-state index in [1.807, 2.05) is 0 Å². The maximum Gasteiger partial charge on any atom is 0.251 e. The van der Waals surface area contributed by atoms with E-state index < -0.39 is 0 Å². The topological polar surface area (TPSA) is 69.6 Å². The lowest BCUT2D eigenvalue weighted by atomic mass is 10.1. The molecular weight excluding hydrogens is 362 g/mol. The van der Waals surface area contributed by atoms with Gasteiger partial charge in [-0.05, 0) is 50.3 Å². The number of allylic oxidation sites excluding steroid dienone is 2. The third-order valence-electron chi connectivity index (χ3n) is 5.21. The van der Waals surface area contributed by atoms with Crippen molar-refractivity contribution in [3.63, 3.8) is 0 Å².